The van der Waals surface area contributed by atoms with E-state index in [1.54, 1.807) is 0 Å². The molecule has 0 fully saturated rings. The summed E-state index contributed by atoms with van der Waals surface area (Å²) in [5.74, 6) is -24.3. The van der Waals surface area contributed by atoms with Crippen molar-refractivity contribution in [3.63, 3.8) is 0 Å². The van der Waals surface area contributed by atoms with E-state index in [0.29, 0.717) is 0 Å². The van der Waals surface area contributed by atoms with Gasteiger partial charge in [-0.3, -0.25) is 0 Å². The monoisotopic (exact) mass is 418 g/mol. The predicted octanol–water partition coefficient (Wildman–Crippen LogP) is 4.25. The number of hydrogen-bond acceptors (Lipinski definition) is 2. The van der Waals surface area contributed by atoms with Crippen LogP contribution >= 0.6 is 10.7 Å². The highest BCUT2D eigenvalue weighted by Gasteiger charge is 2.93. The second-order valence-electron chi connectivity index (χ2n) is 3.75. The maximum atomic E-state index is 13.2. The summed E-state index contributed by atoms with van der Waals surface area (Å²) in [6.45, 7) is 0. The first-order chi connectivity index (χ1) is 9.50. The van der Waals surface area contributed by atoms with Gasteiger partial charge < -0.3 is 0 Å². The Morgan fingerprint density at radius 1 is 0.522 bits per heavy atom. The SMILES string of the molecule is O=S(=O)(Cl)C(F)(C(F)(F)F)C(F)(F)C(F)(F)C(F)(F)C(F)(F)F. The third-order valence-electron chi connectivity index (χ3n) is 2.25. The van der Waals surface area contributed by atoms with Crippen molar-refractivity contribution >= 4 is 19.7 Å². The van der Waals surface area contributed by atoms with Gasteiger partial charge in [0.2, 0.25) is 0 Å². The van der Waals surface area contributed by atoms with Crippen molar-refractivity contribution in [2.24, 2.45) is 0 Å². The smallest absolute Gasteiger partial charge is 0.208 e. The van der Waals surface area contributed by atoms with E-state index in [1.165, 1.54) is 0 Å². The van der Waals surface area contributed by atoms with Crippen LogP contribution in [0, 0.1) is 0 Å². The van der Waals surface area contributed by atoms with E-state index in [9.17, 15) is 65.5 Å². The lowest BCUT2D eigenvalue weighted by Crippen LogP contribution is -2.72. The first-order valence-corrected chi connectivity index (χ1v) is 6.71. The van der Waals surface area contributed by atoms with Gasteiger partial charge in [-0.2, -0.15) is 52.7 Å². The van der Waals surface area contributed by atoms with Crippen LogP contribution in [0.1, 0.15) is 0 Å². The highest BCUT2D eigenvalue weighted by molar-refractivity contribution is 8.14. The van der Waals surface area contributed by atoms with Crippen molar-refractivity contribution < 1.29 is 65.5 Å². The molecule has 0 aliphatic heterocycles. The molecule has 0 aromatic heterocycles. The highest BCUT2D eigenvalue weighted by atomic mass is 35.7. The minimum Gasteiger partial charge on any atom is -0.208 e. The van der Waals surface area contributed by atoms with Crippen LogP contribution in [0.4, 0.5) is 57.1 Å². The van der Waals surface area contributed by atoms with Crippen LogP contribution in [0.2, 0.25) is 0 Å². The Labute approximate surface area is 121 Å². The zero-order chi connectivity index (χ0) is 19.5. The van der Waals surface area contributed by atoms with Gasteiger partial charge >= 0.3 is 35.1 Å². The summed E-state index contributed by atoms with van der Waals surface area (Å²) in [4.78, 5) is 0. The average molecular weight is 419 g/mol. The Morgan fingerprint density at radius 2 is 0.826 bits per heavy atom. The maximum Gasteiger partial charge on any atom is 0.460 e. The molecule has 140 valence electrons. The van der Waals surface area contributed by atoms with Gasteiger partial charge in [0.1, 0.15) is 0 Å². The van der Waals surface area contributed by atoms with Crippen LogP contribution < -0.4 is 0 Å². The standard InChI is InChI=1S/C6ClF13O2S/c7-23(21,22)4(14,6(18,19)20)2(10,11)1(8,9)3(12,13)5(15,16)17. The molecule has 0 aromatic rings. The Balaban J connectivity index is 6.77. The number of hydrogen-bond donors (Lipinski definition) is 0. The fraction of sp³-hybridized carbons (Fsp3) is 1.00. The van der Waals surface area contributed by atoms with Crippen LogP contribution in [0.15, 0.2) is 0 Å². The summed E-state index contributed by atoms with van der Waals surface area (Å²) in [6, 6.07) is 0. The number of rotatable bonds is 4. The summed E-state index contributed by atoms with van der Waals surface area (Å²) >= 11 is 0. The molecule has 0 saturated heterocycles. The van der Waals surface area contributed by atoms with E-state index in [1.807, 2.05) is 0 Å². The van der Waals surface area contributed by atoms with Gasteiger partial charge in [0.15, 0.2) is 0 Å². The molecule has 0 amide bonds. The molecule has 0 radical (unpaired) electrons. The molecule has 0 N–H and O–H groups in total. The molecule has 0 rings (SSSR count). The topological polar surface area (TPSA) is 34.1 Å². The highest BCUT2D eigenvalue weighted by Crippen LogP contribution is 2.61. The molecule has 0 bridgehead atoms. The molecule has 2 nitrogen and oxygen atoms in total. The third-order valence-corrected chi connectivity index (χ3v) is 4.05. The molecule has 1 atom stereocenters. The molecule has 0 aliphatic carbocycles. The predicted molar refractivity (Wildman–Crippen MR) is 45.6 cm³/mol. The van der Waals surface area contributed by atoms with E-state index < -0.39 is 44.2 Å². The first-order valence-electron chi connectivity index (χ1n) is 4.40. The Kier molecular flexibility index (Phi) is 5.01. The van der Waals surface area contributed by atoms with Gasteiger partial charge in [0, 0.05) is 10.7 Å². The second kappa shape index (κ2) is 5.16. The Hall–Kier alpha value is -0.670. The van der Waals surface area contributed by atoms with Crippen molar-refractivity contribution in [1.29, 1.82) is 0 Å². The molecular weight excluding hydrogens is 419 g/mol. The molecule has 0 spiro atoms. The first kappa shape index (κ1) is 22.3. The molecule has 0 heterocycles. The van der Waals surface area contributed by atoms with E-state index >= 15 is 0 Å². The van der Waals surface area contributed by atoms with Gasteiger partial charge in [0.05, 0.1) is 0 Å². The van der Waals surface area contributed by atoms with Gasteiger partial charge in [-0.1, -0.05) is 0 Å². The van der Waals surface area contributed by atoms with Crippen molar-refractivity contribution in [1.82, 2.24) is 0 Å². The lowest BCUT2D eigenvalue weighted by atomic mass is 9.99. The number of halogens is 14. The van der Waals surface area contributed by atoms with E-state index in [-0.39, 0.29) is 0 Å². The normalized spacial score (nSPS) is 18.7. The minimum atomic E-state index is -8.18. The fourth-order valence-electron chi connectivity index (χ4n) is 1.05. The van der Waals surface area contributed by atoms with Gasteiger partial charge in [-0.15, -0.1) is 0 Å². The minimum absolute atomic E-state index is 3.62. The Bertz CT molecular complexity index is 560. The fourth-order valence-corrected chi connectivity index (χ4v) is 2.31. The summed E-state index contributed by atoms with van der Waals surface area (Å²) in [5.41, 5.74) is 0. The molecule has 1 unspecified atom stereocenters. The van der Waals surface area contributed by atoms with E-state index in [2.05, 4.69) is 10.7 Å². The molecular formula is C6ClF13O2S. The average Bonchev–Trinajstić information content (AvgIpc) is 2.22. The van der Waals surface area contributed by atoms with Crippen LogP contribution in [-0.4, -0.2) is 43.5 Å². The lowest BCUT2D eigenvalue weighted by Gasteiger charge is -2.39. The van der Waals surface area contributed by atoms with Gasteiger partial charge in [-0.25, -0.2) is 12.8 Å². The van der Waals surface area contributed by atoms with Gasteiger partial charge in [-0.05, 0) is 0 Å². The quantitative estimate of drug-likeness (QED) is 0.505. The van der Waals surface area contributed by atoms with Crippen LogP contribution in [0.3, 0.4) is 0 Å². The molecule has 17 heteroatoms. The van der Waals surface area contributed by atoms with E-state index in [4.69, 9.17) is 0 Å². The van der Waals surface area contributed by atoms with E-state index in [0.717, 1.165) is 0 Å². The summed E-state index contributed by atoms with van der Waals surface area (Å²) in [5, 5.41) is -7.65. The van der Waals surface area contributed by atoms with Crippen molar-refractivity contribution in [2.75, 3.05) is 0 Å². The zero-order valence-corrected chi connectivity index (χ0v) is 11.1. The van der Waals surface area contributed by atoms with Crippen molar-refractivity contribution in [2.45, 2.75) is 35.1 Å². The molecule has 0 saturated carbocycles. The largest absolute Gasteiger partial charge is 0.460 e. The number of alkyl halides is 13. The second-order valence-corrected chi connectivity index (χ2v) is 6.41. The summed E-state index contributed by atoms with van der Waals surface area (Å²) < 4.78 is 182. The summed E-state index contributed by atoms with van der Waals surface area (Å²) in [7, 11) is -3.90. The molecule has 0 aromatic carbocycles. The Morgan fingerprint density at radius 3 is 1.00 bits per heavy atom. The lowest BCUT2D eigenvalue weighted by molar-refractivity contribution is -0.419. The third kappa shape index (κ3) is 2.80. The van der Waals surface area contributed by atoms with Crippen LogP contribution in [0.25, 0.3) is 0 Å². The van der Waals surface area contributed by atoms with Crippen LogP contribution in [-0.2, 0) is 9.05 Å². The van der Waals surface area contributed by atoms with Crippen LogP contribution in [0.5, 0.6) is 0 Å². The van der Waals surface area contributed by atoms with Crippen molar-refractivity contribution in [3.8, 4) is 0 Å². The maximum absolute atomic E-state index is 13.2. The molecule has 23 heavy (non-hydrogen) atoms. The van der Waals surface area contributed by atoms with Gasteiger partial charge in [0.25, 0.3) is 9.05 Å². The summed E-state index contributed by atoms with van der Waals surface area (Å²) in [6.07, 6.45) is -15.2. The molecule has 0 aliphatic rings. The zero-order valence-electron chi connectivity index (χ0n) is 9.52. The van der Waals surface area contributed by atoms with Crippen molar-refractivity contribution in [3.05, 3.63) is 0 Å².